The van der Waals surface area contributed by atoms with E-state index < -0.39 is 0 Å². The first-order chi connectivity index (χ1) is 8.20. The van der Waals surface area contributed by atoms with E-state index in [2.05, 4.69) is 28.9 Å². The summed E-state index contributed by atoms with van der Waals surface area (Å²) in [7, 11) is 0. The zero-order valence-corrected chi connectivity index (χ0v) is 11.7. The third-order valence-electron chi connectivity index (χ3n) is 3.43. The van der Waals surface area contributed by atoms with Crippen molar-refractivity contribution in [3.05, 3.63) is 34.3 Å². The molecule has 1 aliphatic rings. The normalized spacial score (nSPS) is 26.1. The monoisotopic (exact) mass is 298 g/mol. The molecule has 0 aromatic heterocycles. The minimum Gasteiger partial charge on any atom is -0.396 e. The van der Waals surface area contributed by atoms with Gasteiger partial charge in [-0.15, -0.1) is 0 Å². The van der Waals surface area contributed by atoms with Crippen molar-refractivity contribution >= 4 is 15.9 Å². The summed E-state index contributed by atoms with van der Waals surface area (Å²) in [5.41, 5.74) is 1.18. The highest BCUT2D eigenvalue weighted by molar-refractivity contribution is 9.10. The van der Waals surface area contributed by atoms with Gasteiger partial charge in [-0.2, -0.15) is 0 Å². The Balaban J connectivity index is 2.04. The van der Waals surface area contributed by atoms with Crippen molar-refractivity contribution in [1.82, 2.24) is 0 Å². The molecule has 94 valence electrons. The van der Waals surface area contributed by atoms with E-state index in [4.69, 9.17) is 4.74 Å². The Hall–Kier alpha value is -0.380. The van der Waals surface area contributed by atoms with Crippen molar-refractivity contribution in [2.24, 2.45) is 0 Å². The zero-order valence-electron chi connectivity index (χ0n) is 10.1. The first-order valence-corrected chi connectivity index (χ1v) is 7.00. The average molecular weight is 299 g/mol. The molecule has 0 bridgehead atoms. The summed E-state index contributed by atoms with van der Waals surface area (Å²) in [6.07, 6.45) is 3.83. The molecule has 1 N–H and O–H groups in total. The van der Waals surface area contributed by atoms with E-state index in [9.17, 15) is 5.11 Å². The van der Waals surface area contributed by atoms with Gasteiger partial charge in [0.05, 0.1) is 18.8 Å². The van der Waals surface area contributed by atoms with Gasteiger partial charge in [-0.25, -0.2) is 0 Å². The summed E-state index contributed by atoms with van der Waals surface area (Å²) in [6.45, 7) is 2.29. The molecule has 3 unspecified atom stereocenters. The summed E-state index contributed by atoms with van der Waals surface area (Å²) in [6, 6.07) is 8.11. The second-order valence-electron chi connectivity index (χ2n) is 4.78. The summed E-state index contributed by atoms with van der Waals surface area (Å²) in [4.78, 5) is 0. The molecule has 2 rings (SSSR count). The fourth-order valence-electron chi connectivity index (χ4n) is 2.48. The van der Waals surface area contributed by atoms with Gasteiger partial charge >= 0.3 is 0 Å². The average Bonchev–Trinajstić information content (AvgIpc) is 2.73. The summed E-state index contributed by atoms with van der Waals surface area (Å²) in [5, 5.41) is 9.55. The van der Waals surface area contributed by atoms with Crippen LogP contribution < -0.4 is 0 Å². The number of hydrogen-bond acceptors (Lipinski definition) is 2. The van der Waals surface area contributed by atoms with E-state index in [0.717, 1.165) is 23.7 Å². The van der Waals surface area contributed by atoms with E-state index in [1.807, 2.05) is 18.2 Å². The minimum absolute atomic E-state index is 0.167. The lowest BCUT2D eigenvalue weighted by atomic mass is 9.93. The predicted octanol–water partition coefficient (Wildman–Crippen LogP) is 3.48. The van der Waals surface area contributed by atoms with Crippen LogP contribution in [0.2, 0.25) is 0 Å². The molecule has 3 atom stereocenters. The highest BCUT2D eigenvalue weighted by Gasteiger charge is 2.26. The standard InChI is InChI=1S/C14H19BrO2/c1-10-6-7-12(17-10)8-11(9-16)13-4-2-3-5-14(13)15/h2-5,10-12,16H,6-9H2,1H3. The number of aliphatic hydroxyl groups is 1. The van der Waals surface area contributed by atoms with Crippen LogP contribution in [0.15, 0.2) is 28.7 Å². The fourth-order valence-corrected chi connectivity index (χ4v) is 3.09. The Kier molecular flexibility index (Phi) is 4.60. The summed E-state index contributed by atoms with van der Waals surface area (Å²) < 4.78 is 6.90. The topological polar surface area (TPSA) is 29.5 Å². The van der Waals surface area contributed by atoms with E-state index >= 15 is 0 Å². The molecule has 1 saturated heterocycles. The molecule has 3 heteroatoms. The lowest BCUT2D eigenvalue weighted by molar-refractivity contribution is 0.0422. The number of aliphatic hydroxyl groups excluding tert-OH is 1. The van der Waals surface area contributed by atoms with Crippen LogP contribution in [0.3, 0.4) is 0 Å². The van der Waals surface area contributed by atoms with E-state index in [1.54, 1.807) is 0 Å². The molecule has 1 fully saturated rings. The highest BCUT2D eigenvalue weighted by Crippen LogP contribution is 2.32. The minimum atomic E-state index is 0.167. The molecular weight excluding hydrogens is 280 g/mol. The largest absolute Gasteiger partial charge is 0.396 e. The molecule has 2 nitrogen and oxygen atoms in total. The number of benzene rings is 1. The SMILES string of the molecule is CC1CCC(CC(CO)c2ccccc2Br)O1. The maximum absolute atomic E-state index is 9.55. The number of rotatable bonds is 4. The Bertz CT molecular complexity index is 367. The van der Waals surface area contributed by atoms with Crippen molar-refractivity contribution in [3.8, 4) is 0 Å². The van der Waals surface area contributed by atoms with Crippen molar-refractivity contribution in [3.63, 3.8) is 0 Å². The van der Waals surface area contributed by atoms with Gasteiger partial charge in [-0.3, -0.25) is 0 Å². The van der Waals surface area contributed by atoms with Gasteiger partial charge in [0.2, 0.25) is 0 Å². The summed E-state index contributed by atoms with van der Waals surface area (Å²) >= 11 is 3.55. The first kappa shape index (κ1) is 13.1. The van der Waals surface area contributed by atoms with Crippen LogP contribution in [-0.4, -0.2) is 23.9 Å². The molecule has 1 heterocycles. The quantitative estimate of drug-likeness (QED) is 0.922. The van der Waals surface area contributed by atoms with Crippen LogP contribution in [0.1, 0.15) is 37.7 Å². The molecule has 1 aliphatic heterocycles. The van der Waals surface area contributed by atoms with Gasteiger partial charge in [0, 0.05) is 10.4 Å². The number of hydrogen-bond donors (Lipinski definition) is 1. The van der Waals surface area contributed by atoms with E-state index in [-0.39, 0.29) is 12.5 Å². The lowest BCUT2D eigenvalue weighted by Gasteiger charge is -2.20. The van der Waals surface area contributed by atoms with Crippen LogP contribution in [0.4, 0.5) is 0 Å². The molecule has 1 aromatic carbocycles. The molecule has 0 spiro atoms. The maximum Gasteiger partial charge on any atom is 0.0586 e. The Morgan fingerprint density at radius 1 is 1.41 bits per heavy atom. The van der Waals surface area contributed by atoms with Crippen LogP contribution in [0.5, 0.6) is 0 Å². The van der Waals surface area contributed by atoms with E-state index in [1.165, 1.54) is 5.56 Å². The van der Waals surface area contributed by atoms with Gasteiger partial charge in [0.25, 0.3) is 0 Å². The molecule has 0 aliphatic carbocycles. The van der Waals surface area contributed by atoms with Gasteiger partial charge in [0.15, 0.2) is 0 Å². The van der Waals surface area contributed by atoms with Crippen molar-refractivity contribution in [2.45, 2.75) is 44.3 Å². The molecule has 0 saturated carbocycles. The molecule has 1 aromatic rings. The first-order valence-electron chi connectivity index (χ1n) is 6.21. The van der Waals surface area contributed by atoms with Crippen LogP contribution in [0, 0.1) is 0 Å². The maximum atomic E-state index is 9.55. The highest BCUT2D eigenvalue weighted by atomic mass is 79.9. The van der Waals surface area contributed by atoms with Gasteiger partial charge in [-0.05, 0) is 37.8 Å². The second kappa shape index (κ2) is 5.98. The Labute approximate surface area is 111 Å². The molecular formula is C14H19BrO2. The third-order valence-corrected chi connectivity index (χ3v) is 4.15. The fraction of sp³-hybridized carbons (Fsp3) is 0.571. The van der Waals surface area contributed by atoms with Crippen LogP contribution in [0.25, 0.3) is 0 Å². The number of ether oxygens (including phenoxy) is 1. The van der Waals surface area contributed by atoms with Gasteiger partial charge in [0.1, 0.15) is 0 Å². The van der Waals surface area contributed by atoms with E-state index in [0.29, 0.717) is 12.2 Å². The molecule has 17 heavy (non-hydrogen) atoms. The van der Waals surface area contributed by atoms with Gasteiger partial charge in [-0.1, -0.05) is 34.1 Å². The summed E-state index contributed by atoms with van der Waals surface area (Å²) in [5.74, 6) is 0.167. The van der Waals surface area contributed by atoms with Crippen LogP contribution >= 0.6 is 15.9 Å². The van der Waals surface area contributed by atoms with Crippen molar-refractivity contribution in [1.29, 1.82) is 0 Å². The van der Waals surface area contributed by atoms with Gasteiger partial charge < -0.3 is 9.84 Å². The smallest absolute Gasteiger partial charge is 0.0586 e. The van der Waals surface area contributed by atoms with Crippen LogP contribution in [-0.2, 0) is 4.74 Å². The zero-order chi connectivity index (χ0) is 12.3. The van der Waals surface area contributed by atoms with Crippen molar-refractivity contribution < 1.29 is 9.84 Å². The Morgan fingerprint density at radius 2 is 2.18 bits per heavy atom. The third kappa shape index (κ3) is 3.30. The lowest BCUT2D eigenvalue weighted by Crippen LogP contribution is -2.16. The Morgan fingerprint density at radius 3 is 2.76 bits per heavy atom. The molecule has 0 amide bonds. The predicted molar refractivity (Wildman–Crippen MR) is 72.2 cm³/mol. The second-order valence-corrected chi connectivity index (χ2v) is 5.64. The molecule has 0 radical (unpaired) electrons. The van der Waals surface area contributed by atoms with Crippen molar-refractivity contribution in [2.75, 3.05) is 6.61 Å². The number of halogens is 1.